The van der Waals surface area contributed by atoms with E-state index in [0.29, 0.717) is 0 Å². The minimum atomic E-state index is -2.72. The fourth-order valence-electron chi connectivity index (χ4n) is 0.952. The van der Waals surface area contributed by atoms with Gasteiger partial charge < -0.3 is 14.0 Å². The maximum atomic E-state index is 10.6. The van der Waals surface area contributed by atoms with Crippen LogP contribution in [0.4, 0.5) is 0 Å². The Hall–Kier alpha value is -0.653. The van der Waals surface area contributed by atoms with Gasteiger partial charge in [-0.05, 0) is 12.6 Å². The second kappa shape index (κ2) is 4.39. The minimum Gasteiger partial charge on any atom is -0.481 e. The van der Waals surface area contributed by atoms with E-state index in [1.807, 2.05) is 0 Å². The van der Waals surface area contributed by atoms with Crippen molar-refractivity contribution in [3.05, 3.63) is 12.3 Å². The van der Waals surface area contributed by atoms with E-state index in [-0.39, 0.29) is 0 Å². The Balaban J connectivity index is 4.69. The standard InChI is InChI=1S/C7H14O4Si/c1-5-12(10-3,11-4)6(2)7(8)9/h5-6H,1H2,2-4H3,(H,8,9). The highest BCUT2D eigenvalue weighted by atomic mass is 28.4. The van der Waals surface area contributed by atoms with Gasteiger partial charge in [-0.3, -0.25) is 4.79 Å². The highest BCUT2D eigenvalue weighted by molar-refractivity contribution is 6.76. The molecule has 0 aliphatic rings. The lowest BCUT2D eigenvalue weighted by Gasteiger charge is -2.26. The number of rotatable bonds is 5. The Labute approximate surface area is 73.0 Å². The Bertz CT molecular complexity index is 176. The fraction of sp³-hybridized carbons (Fsp3) is 0.571. The Morgan fingerprint density at radius 3 is 2.08 bits per heavy atom. The zero-order valence-electron chi connectivity index (χ0n) is 7.53. The Morgan fingerprint density at radius 2 is 2.00 bits per heavy atom. The average molecular weight is 190 g/mol. The van der Waals surface area contributed by atoms with Crippen LogP contribution in [0, 0.1) is 0 Å². The van der Waals surface area contributed by atoms with Gasteiger partial charge in [0.15, 0.2) is 0 Å². The molecule has 0 amide bonds. The van der Waals surface area contributed by atoms with Crippen LogP contribution in [-0.2, 0) is 13.6 Å². The van der Waals surface area contributed by atoms with Gasteiger partial charge in [-0.15, -0.1) is 6.58 Å². The van der Waals surface area contributed by atoms with Gasteiger partial charge in [0.1, 0.15) is 5.54 Å². The van der Waals surface area contributed by atoms with Gasteiger partial charge in [-0.2, -0.15) is 0 Å². The maximum Gasteiger partial charge on any atom is 0.378 e. The second-order valence-electron chi connectivity index (χ2n) is 2.39. The van der Waals surface area contributed by atoms with Crippen molar-refractivity contribution >= 4 is 14.5 Å². The predicted octanol–water partition coefficient (Wildman–Crippen LogP) is 0.921. The van der Waals surface area contributed by atoms with E-state index in [9.17, 15) is 4.79 Å². The van der Waals surface area contributed by atoms with Crippen LogP contribution in [0.3, 0.4) is 0 Å². The monoisotopic (exact) mass is 190 g/mol. The molecule has 1 N–H and O–H groups in total. The summed E-state index contributed by atoms with van der Waals surface area (Å²) in [7, 11) is 0.163. The molecule has 70 valence electrons. The molecule has 0 aromatic rings. The van der Waals surface area contributed by atoms with E-state index < -0.39 is 20.1 Å². The van der Waals surface area contributed by atoms with E-state index in [0.717, 1.165) is 0 Å². The number of hydrogen-bond donors (Lipinski definition) is 1. The van der Waals surface area contributed by atoms with Gasteiger partial charge in [0.05, 0.1) is 0 Å². The number of aliphatic carboxylic acids is 1. The third kappa shape index (κ3) is 1.93. The molecule has 12 heavy (non-hydrogen) atoms. The van der Waals surface area contributed by atoms with Gasteiger partial charge in [0, 0.05) is 14.2 Å². The zero-order valence-corrected chi connectivity index (χ0v) is 8.53. The molecule has 4 nitrogen and oxygen atoms in total. The van der Waals surface area contributed by atoms with Crippen molar-refractivity contribution < 1.29 is 18.8 Å². The molecule has 0 radical (unpaired) electrons. The van der Waals surface area contributed by atoms with Gasteiger partial charge >= 0.3 is 14.5 Å². The molecule has 0 fully saturated rings. The molecule has 0 spiro atoms. The zero-order chi connectivity index (χ0) is 9.78. The third-order valence-electron chi connectivity index (χ3n) is 1.90. The van der Waals surface area contributed by atoms with Crippen molar-refractivity contribution in [3.63, 3.8) is 0 Å². The highest BCUT2D eigenvalue weighted by Gasteiger charge is 2.43. The lowest BCUT2D eigenvalue weighted by Crippen LogP contribution is -2.45. The van der Waals surface area contributed by atoms with Crippen molar-refractivity contribution in [2.75, 3.05) is 14.2 Å². The number of hydrogen-bond acceptors (Lipinski definition) is 3. The summed E-state index contributed by atoms with van der Waals surface area (Å²) in [4.78, 5) is 10.6. The van der Waals surface area contributed by atoms with Crippen LogP contribution in [0.1, 0.15) is 6.92 Å². The molecule has 0 aromatic carbocycles. The van der Waals surface area contributed by atoms with E-state index in [4.69, 9.17) is 14.0 Å². The SMILES string of the molecule is C=C[Si](OC)(OC)C(C)C(=O)O. The van der Waals surface area contributed by atoms with Gasteiger partial charge in [0.2, 0.25) is 0 Å². The molecule has 0 bridgehead atoms. The minimum absolute atomic E-state index is 0.648. The summed E-state index contributed by atoms with van der Waals surface area (Å²) in [6.07, 6.45) is 0. The van der Waals surface area contributed by atoms with Crippen LogP contribution in [0.2, 0.25) is 5.54 Å². The van der Waals surface area contributed by atoms with E-state index in [2.05, 4.69) is 6.58 Å². The highest BCUT2D eigenvalue weighted by Crippen LogP contribution is 2.23. The first-order valence-electron chi connectivity index (χ1n) is 3.50. The fourth-order valence-corrected chi connectivity index (χ4v) is 2.86. The largest absolute Gasteiger partial charge is 0.481 e. The smallest absolute Gasteiger partial charge is 0.378 e. The maximum absolute atomic E-state index is 10.6. The Morgan fingerprint density at radius 1 is 1.58 bits per heavy atom. The molecule has 0 heterocycles. The summed E-state index contributed by atoms with van der Waals surface area (Å²) < 4.78 is 10.2. The van der Waals surface area contributed by atoms with Crippen LogP contribution in [-0.4, -0.2) is 33.9 Å². The summed E-state index contributed by atoms with van der Waals surface area (Å²) in [5, 5.41) is 8.74. The topological polar surface area (TPSA) is 55.8 Å². The summed E-state index contributed by atoms with van der Waals surface area (Å²) in [6, 6.07) is 0. The van der Waals surface area contributed by atoms with Crippen LogP contribution in [0.15, 0.2) is 12.3 Å². The van der Waals surface area contributed by atoms with Gasteiger partial charge in [0.25, 0.3) is 0 Å². The molecule has 1 unspecified atom stereocenters. The van der Waals surface area contributed by atoms with E-state index in [1.165, 1.54) is 19.9 Å². The van der Waals surface area contributed by atoms with Gasteiger partial charge in [-0.1, -0.05) is 0 Å². The Kier molecular flexibility index (Phi) is 4.15. The summed E-state index contributed by atoms with van der Waals surface area (Å²) in [6.45, 7) is 5.09. The number of carboxylic acids is 1. The van der Waals surface area contributed by atoms with Crippen molar-refractivity contribution in [2.24, 2.45) is 0 Å². The summed E-state index contributed by atoms with van der Waals surface area (Å²) in [5.74, 6) is -0.926. The first-order valence-corrected chi connectivity index (χ1v) is 5.48. The average Bonchev–Trinajstić information content (AvgIpc) is 2.08. The van der Waals surface area contributed by atoms with Crippen molar-refractivity contribution in [2.45, 2.75) is 12.5 Å². The molecule has 0 aromatic heterocycles. The van der Waals surface area contributed by atoms with Crippen molar-refractivity contribution in [3.8, 4) is 0 Å². The van der Waals surface area contributed by atoms with Gasteiger partial charge in [-0.25, -0.2) is 0 Å². The molecular formula is C7H14O4Si. The first kappa shape index (κ1) is 11.3. The molecule has 0 aliphatic carbocycles. The van der Waals surface area contributed by atoms with E-state index >= 15 is 0 Å². The lowest BCUT2D eigenvalue weighted by molar-refractivity contribution is -0.137. The molecule has 0 rings (SSSR count). The van der Waals surface area contributed by atoms with Crippen LogP contribution < -0.4 is 0 Å². The summed E-state index contributed by atoms with van der Waals surface area (Å²) in [5.41, 5.74) is 0.830. The molecular weight excluding hydrogens is 176 g/mol. The molecule has 5 heteroatoms. The molecule has 0 saturated carbocycles. The lowest BCUT2D eigenvalue weighted by atomic mass is 10.5. The normalized spacial score (nSPS) is 13.9. The quantitative estimate of drug-likeness (QED) is 0.655. The number of carboxylic acid groups (broad SMARTS) is 1. The van der Waals surface area contributed by atoms with Crippen molar-refractivity contribution in [1.82, 2.24) is 0 Å². The molecule has 0 saturated heterocycles. The molecule has 0 aliphatic heterocycles. The van der Waals surface area contributed by atoms with Crippen LogP contribution in [0.5, 0.6) is 0 Å². The number of carbonyl (C=O) groups is 1. The predicted molar refractivity (Wildman–Crippen MR) is 47.0 cm³/mol. The first-order chi connectivity index (χ1) is 5.54. The van der Waals surface area contributed by atoms with Crippen LogP contribution >= 0.6 is 0 Å². The van der Waals surface area contributed by atoms with E-state index in [1.54, 1.807) is 6.92 Å². The summed E-state index contributed by atoms with van der Waals surface area (Å²) >= 11 is 0. The third-order valence-corrected chi connectivity index (χ3v) is 5.20. The molecule has 1 atom stereocenters. The van der Waals surface area contributed by atoms with Crippen molar-refractivity contribution in [1.29, 1.82) is 0 Å². The van der Waals surface area contributed by atoms with Crippen LogP contribution in [0.25, 0.3) is 0 Å². The second-order valence-corrected chi connectivity index (χ2v) is 5.93.